The van der Waals surface area contributed by atoms with Gasteiger partial charge in [-0.05, 0) is 110 Å². The van der Waals surface area contributed by atoms with Gasteiger partial charge in [0.2, 0.25) is 100 Å². The zero-order valence-corrected chi connectivity index (χ0v) is 67.7. The maximum absolute atomic E-state index is 14.1. The van der Waals surface area contributed by atoms with Crippen molar-refractivity contribution < 1.29 is 132 Å². The number of carbonyl (C=O) groups excluding carboxylic acids is 17. The number of aliphatic hydroxyl groups is 4. The van der Waals surface area contributed by atoms with E-state index >= 15 is 0 Å². The van der Waals surface area contributed by atoms with Crippen molar-refractivity contribution in [2.45, 2.75) is 258 Å². The Labute approximate surface area is 670 Å². The predicted molar refractivity (Wildman–Crippen MR) is 407 cm³/mol. The average Bonchev–Trinajstić information content (AvgIpc) is 0.853. The van der Waals surface area contributed by atoms with E-state index in [4.69, 9.17) is 21.7 Å². The zero-order valence-electron chi connectivity index (χ0n) is 67.7. The minimum Gasteiger partial charge on any atom is -0.481 e. The quantitative estimate of drug-likeness (QED) is 0.0251. The second-order valence-electron chi connectivity index (χ2n) is 28.9. The van der Waals surface area contributed by atoms with Gasteiger partial charge in [0.1, 0.15) is 84.6 Å². The van der Waals surface area contributed by atoms with E-state index in [-0.39, 0.29) is 44.6 Å². The lowest BCUT2D eigenvalue weighted by Gasteiger charge is -2.30. The number of rotatable bonds is 55. The Morgan fingerprint density at radius 1 is 0.328 bits per heavy atom. The lowest BCUT2D eigenvalue weighted by atomic mass is 9.96. The highest BCUT2D eigenvalue weighted by Crippen LogP contribution is 2.14. The number of carboxylic acid groups (broad SMARTS) is 3. The van der Waals surface area contributed by atoms with Crippen LogP contribution >= 0.6 is 0 Å². The van der Waals surface area contributed by atoms with Crippen molar-refractivity contribution in [3.63, 3.8) is 0 Å². The number of unbranched alkanes of at least 4 members (excludes halogenated alkanes) is 1. The van der Waals surface area contributed by atoms with Crippen molar-refractivity contribution in [1.82, 2.24) is 90.4 Å². The molecule has 0 saturated heterocycles. The van der Waals surface area contributed by atoms with Crippen molar-refractivity contribution >= 4 is 118 Å². The van der Waals surface area contributed by atoms with Crippen LogP contribution in [0.5, 0.6) is 0 Å². The molecule has 0 radical (unpaired) electrons. The highest BCUT2D eigenvalue weighted by molar-refractivity contribution is 6.01. The molecular weight excluding hydrogens is 1540 g/mol. The van der Waals surface area contributed by atoms with Gasteiger partial charge in [-0.3, -0.25) is 95.9 Å². The third-order valence-electron chi connectivity index (χ3n) is 17.6. The molecular formula is C70H121N19O27. The molecule has 17 amide bonds. The molecule has 0 aromatic rings. The normalized spacial score (nSPS) is 15.8. The van der Waals surface area contributed by atoms with Crippen molar-refractivity contribution in [1.29, 1.82) is 0 Å². The van der Waals surface area contributed by atoms with Gasteiger partial charge in [-0.15, -0.1) is 0 Å². The van der Waals surface area contributed by atoms with Crippen LogP contribution in [0.1, 0.15) is 155 Å². The largest absolute Gasteiger partial charge is 0.481 e. The molecule has 0 unspecified atom stereocenters. The summed E-state index contributed by atoms with van der Waals surface area (Å²) in [4.78, 5) is 261. The number of amides is 17. The summed E-state index contributed by atoms with van der Waals surface area (Å²) in [6.45, 7) is 15.3. The summed E-state index contributed by atoms with van der Waals surface area (Å²) in [5.41, 5.74) is 11.5. The Hall–Kier alpha value is -10.8. The van der Waals surface area contributed by atoms with Gasteiger partial charge < -0.3 is 138 Å². The fourth-order valence-electron chi connectivity index (χ4n) is 10.3. The van der Waals surface area contributed by atoms with Crippen LogP contribution in [0, 0.1) is 23.7 Å². The number of carbonyl (C=O) groups is 20. The van der Waals surface area contributed by atoms with Crippen molar-refractivity contribution in [2.75, 3.05) is 39.4 Å². The highest BCUT2D eigenvalue weighted by Gasteiger charge is 2.39. The molecule has 0 fully saturated rings. The molecule has 0 aliphatic rings. The smallest absolute Gasteiger partial charge is 0.325 e. The molecule has 46 nitrogen and oxygen atoms in total. The molecule has 0 aromatic carbocycles. The number of carboxylic acids is 3. The second kappa shape index (κ2) is 53.3. The Kier molecular flexibility index (Phi) is 48.4. The minimum absolute atomic E-state index is 0.0706. The molecule has 0 aliphatic heterocycles. The first kappa shape index (κ1) is 105. The van der Waals surface area contributed by atoms with Crippen molar-refractivity contribution in [2.24, 2.45) is 35.1 Å². The summed E-state index contributed by atoms with van der Waals surface area (Å²) in [6.07, 6.45) is -5.00. The number of hydrogen-bond donors (Lipinski definition) is 26. The Balaban J connectivity index is 6.03. The van der Waals surface area contributed by atoms with Crippen LogP contribution in [0.25, 0.3) is 0 Å². The van der Waals surface area contributed by atoms with Crippen molar-refractivity contribution in [3.05, 3.63) is 0 Å². The third-order valence-corrected chi connectivity index (χ3v) is 17.6. The molecule has 0 heterocycles. The van der Waals surface area contributed by atoms with E-state index in [1.807, 2.05) is 0 Å². The first-order valence-electron chi connectivity index (χ1n) is 37.7. The van der Waals surface area contributed by atoms with E-state index in [1.165, 1.54) is 34.6 Å². The fraction of sp³-hybridized carbons (Fsp3) is 0.714. The first-order valence-corrected chi connectivity index (χ1v) is 37.7. The summed E-state index contributed by atoms with van der Waals surface area (Å²) < 4.78 is 0. The van der Waals surface area contributed by atoms with Gasteiger partial charge in [-0.25, -0.2) is 0 Å². The van der Waals surface area contributed by atoms with Gasteiger partial charge in [0.25, 0.3) is 0 Å². The predicted octanol–water partition coefficient (Wildman–Crippen LogP) is -10.4. The molecule has 28 N–H and O–H groups in total. The molecule has 0 rings (SSSR count). The van der Waals surface area contributed by atoms with Crippen LogP contribution in [0.15, 0.2) is 0 Å². The van der Waals surface area contributed by atoms with Crippen LogP contribution in [0.4, 0.5) is 0 Å². The Morgan fingerprint density at radius 2 is 0.681 bits per heavy atom. The summed E-state index contributed by atoms with van der Waals surface area (Å²) in [5.74, 6) is -23.6. The molecule has 0 aromatic heterocycles. The number of hydrogen-bond acceptors (Lipinski definition) is 26. The topological polar surface area (TPSA) is 740 Å². The Morgan fingerprint density at radius 3 is 1.14 bits per heavy atom. The van der Waals surface area contributed by atoms with Crippen LogP contribution in [0.3, 0.4) is 0 Å². The van der Waals surface area contributed by atoms with Crippen LogP contribution in [0.2, 0.25) is 0 Å². The number of aliphatic hydroxyl groups excluding tert-OH is 4. The van der Waals surface area contributed by atoms with E-state index < -0.39 is 291 Å². The van der Waals surface area contributed by atoms with Crippen LogP contribution < -0.4 is 102 Å². The fourth-order valence-corrected chi connectivity index (χ4v) is 10.3. The molecule has 658 valence electrons. The molecule has 46 heteroatoms. The zero-order chi connectivity index (χ0) is 89.3. The minimum atomic E-state index is -1.92. The summed E-state index contributed by atoms with van der Waals surface area (Å²) in [7, 11) is 0. The van der Waals surface area contributed by atoms with Gasteiger partial charge in [0.05, 0.1) is 51.1 Å². The lowest BCUT2D eigenvalue weighted by molar-refractivity contribution is -0.142. The van der Waals surface area contributed by atoms with Gasteiger partial charge in [0.15, 0.2) is 0 Å². The van der Waals surface area contributed by atoms with Crippen LogP contribution in [-0.4, -0.2) is 296 Å². The van der Waals surface area contributed by atoms with Gasteiger partial charge in [-0.2, -0.15) is 0 Å². The summed E-state index contributed by atoms with van der Waals surface area (Å²) in [5, 5.41) is 108. The van der Waals surface area contributed by atoms with E-state index in [1.54, 1.807) is 41.5 Å². The molecule has 18 atom stereocenters. The SMILES string of the molecule is CC[C@H](C)[C@H](NC(=O)CNC(=O)CNC(=O)[C@H](C)NC(=O)[C@H](CO)NC(=O)[C@H](CCCCN)NC(=O)[C@@H](NC(=O)[C@H](CCC(=O)O)NC(=O)[C@@H](NC(=O)[C@@H](N)CCC(=O)O)C(C)C)[C@@H](C)O)C(=O)N[C@H](C(=O)N[C@@H](CC(C)C)C(=O)N[C@H](C(=O)NCC(=O)N[C@@H](CO)C(=O)N[C@@H](C)C(=O)N[C@@H](C)C(=O)N[C@@H](C)C(=O)O)[C@@H](C)O)C(C)C. The summed E-state index contributed by atoms with van der Waals surface area (Å²) >= 11 is 0. The van der Waals surface area contributed by atoms with E-state index in [0.717, 1.165) is 20.8 Å². The molecule has 0 spiro atoms. The van der Waals surface area contributed by atoms with Gasteiger partial charge in [0, 0.05) is 12.8 Å². The van der Waals surface area contributed by atoms with E-state index in [2.05, 4.69) is 90.4 Å². The first-order chi connectivity index (χ1) is 54.0. The molecule has 0 bridgehead atoms. The maximum Gasteiger partial charge on any atom is 0.325 e. The third kappa shape index (κ3) is 39.5. The van der Waals surface area contributed by atoms with E-state index in [0.29, 0.717) is 6.42 Å². The highest BCUT2D eigenvalue weighted by atomic mass is 16.4. The van der Waals surface area contributed by atoms with E-state index in [9.17, 15) is 121 Å². The molecule has 0 saturated carbocycles. The number of nitrogens with two attached hydrogens (primary N) is 2. The average molecular weight is 1660 g/mol. The van der Waals surface area contributed by atoms with Crippen LogP contribution in [-0.2, 0) is 95.9 Å². The number of nitrogens with one attached hydrogen (secondary N) is 17. The van der Waals surface area contributed by atoms with Crippen molar-refractivity contribution in [3.8, 4) is 0 Å². The lowest BCUT2D eigenvalue weighted by Crippen LogP contribution is -2.62. The maximum atomic E-state index is 14.1. The molecule has 116 heavy (non-hydrogen) atoms. The second-order valence-corrected chi connectivity index (χ2v) is 28.9. The summed E-state index contributed by atoms with van der Waals surface area (Å²) in [6, 6.07) is -22.8. The monoisotopic (exact) mass is 1660 g/mol. The number of aliphatic carboxylic acids is 3. The Bertz CT molecular complexity index is 3400. The van der Waals surface area contributed by atoms with Gasteiger partial charge >= 0.3 is 17.9 Å². The van der Waals surface area contributed by atoms with Gasteiger partial charge in [-0.1, -0.05) is 61.8 Å². The molecule has 0 aliphatic carbocycles. The standard InChI is InChI=1S/C70H121N19O27/c1-15-33(8)53(68(113)87-52(32(6)7)67(112)83-43(24-30(2)3)62(107)88-54(38(13)92)65(110)75-27-47(95)80-44(28-90)63(108)78-36(11)57(102)76-35(10)58(103)79-37(12)70(115)116)85-48(96)26-73-46(94)25-74-56(101)34(9)77-64(109)45(29-91)84-60(105)41(18-16-17-23-71)81-69(114)55(39(14)93)89-61(106)42(20-22-50(99)100)82-66(111)51(31(4)5)86-59(104)40(72)19-21-49(97)98/h30-45,51-55,90-93H,15-29,71-72H2,1-14H3,(H,73,94)(H,74,101)(H,75,110)(H,76,102)(H,77,109)(H,78,108)(H,79,103)(H,80,95)(H,81,114)(H,82,111)(H,83,112)(H,84,105)(H,85,96)(H,86,104)(H,87,113)(H,88,107)(H,89,106)(H,97,98)(H,99,100)(H,115,116)/t33-,34-,35-,36-,37-,38+,39+,40-,41-,42-,43-,44-,45-,51-,52-,53-,54-,55-/m0/s1.